The number of hydrogen-bond donors (Lipinski definition) is 0. The van der Waals surface area contributed by atoms with Crippen LogP contribution in [-0.2, 0) is 25.7 Å². The Kier molecular flexibility index (Phi) is 4.40. The number of rotatable bonds is 3. The van der Waals surface area contributed by atoms with E-state index < -0.39 is 8.32 Å². The van der Waals surface area contributed by atoms with Crippen LogP contribution in [0.5, 0.6) is 5.75 Å². The zero-order valence-corrected chi connectivity index (χ0v) is 15.2. The summed E-state index contributed by atoms with van der Waals surface area (Å²) in [5, 5.41) is 0. The highest BCUT2D eigenvalue weighted by molar-refractivity contribution is 6.70. The first-order valence-electron chi connectivity index (χ1n) is 8.33. The lowest BCUT2D eigenvalue weighted by Crippen LogP contribution is -2.30. The van der Waals surface area contributed by atoms with E-state index in [-0.39, 0.29) is 0 Å². The van der Waals surface area contributed by atoms with Gasteiger partial charge in [-0.2, -0.15) is 0 Å². The summed E-state index contributed by atoms with van der Waals surface area (Å²) in [7, 11) is -1.77. The molecule has 3 heteroatoms. The molecule has 0 aliphatic heterocycles. The first-order valence-corrected chi connectivity index (χ1v) is 11.7. The third-order valence-electron chi connectivity index (χ3n) is 4.28. The number of hydrogen-bond acceptors (Lipinski definition) is 2. The third kappa shape index (κ3) is 3.73. The number of carbonyl (C=O) groups is 1. The van der Waals surface area contributed by atoms with Crippen molar-refractivity contribution in [3.63, 3.8) is 0 Å². The molecule has 0 radical (unpaired) electrons. The molecule has 0 heterocycles. The van der Waals surface area contributed by atoms with Crippen molar-refractivity contribution in [1.82, 2.24) is 0 Å². The van der Waals surface area contributed by atoms with Crippen molar-refractivity contribution < 1.29 is 9.22 Å². The van der Waals surface area contributed by atoms with Gasteiger partial charge in [-0.1, -0.05) is 36.4 Å². The fraction of sp³-hybridized carbons (Fsp3) is 0.350. The van der Waals surface area contributed by atoms with Crippen LogP contribution < -0.4 is 4.43 Å². The molecule has 0 spiro atoms. The lowest BCUT2D eigenvalue weighted by Gasteiger charge is -2.25. The van der Waals surface area contributed by atoms with E-state index in [0.29, 0.717) is 0 Å². The van der Waals surface area contributed by atoms with E-state index in [4.69, 9.17) is 4.43 Å². The summed E-state index contributed by atoms with van der Waals surface area (Å²) in [5.41, 5.74) is 5.68. The summed E-state index contributed by atoms with van der Waals surface area (Å²) < 4.78 is 6.33. The molecule has 120 valence electrons. The van der Waals surface area contributed by atoms with Crippen molar-refractivity contribution in [1.29, 1.82) is 0 Å². The summed E-state index contributed by atoms with van der Waals surface area (Å²) >= 11 is 0. The standard InChI is InChI=1S/C20H24O2Si/c1-23(2,3)22-20-18-11-9-16-6-4-15(5-7-16)8-10-17(12-13-18)19(20)14-21/h4-7,12-14H,8-11H2,1-3H3. The SMILES string of the molecule is C[Si](C)(C)Oc1c2ccc(c1C=O)CCc1ccc(cc1)CC2. The molecule has 2 nitrogen and oxygen atoms in total. The summed E-state index contributed by atoms with van der Waals surface area (Å²) in [5.74, 6) is 0.840. The quantitative estimate of drug-likeness (QED) is 0.609. The van der Waals surface area contributed by atoms with Crippen molar-refractivity contribution in [2.45, 2.75) is 45.3 Å². The summed E-state index contributed by atoms with van der Waals surface area (Å²) in [6.07, 6.45) is 4.69. The maximum absolute atomic E-state index is 11.8. The minimum Gasteiger partial charge on any atom is -0.544 e. The predicted octanol–water partition coefficient (Wildman–Crippen LogP) is 4.60. The zero-order valence-electron chi connectivity index (χ0n) is 14.2. The van der Waals surface area contributed by atoms with Crippen LogP contribution in [0.25, 0.3) is 0 Å². The lowest BCUT2D eigenvalue weighted by atomic mass is 9.93. The average molecular weight is 324 g/mol. The van der Waals surface area contributed by atoms with Crippen LogP contribution in [0, 0.1) is 0 Å². The second-order valence-electron chi connectivity index (χ2n) is 7.28. The van der Waals surface area contributed by atoms with Crippen LogP contribution >= 0.6 is 0 Å². The fourth-order valence-electron chi connectivity index (χ4n) is 3.09. The molecule has 0 amide bonds. The number of aldehydes is 1. The van der Waals surface area contributed by atoms with E-state index in [0.717, 1.165) is 54.4 Å². The van der Waals surface area contributed by atoms with Crippen molar-refractivity contribution in [3.8, 4) is 5.75 Å². The molecule has 0 unspecified atom stereocenters. The minimum atomic E-state index is -1.77. The molecule has 0 N–H and O–H groups in total. The topological polar surface area (TPSA) is 26.3 Å². The van der Waals surface area contributed by atoms with E-state index in [9.17, 15) is 4.79 Å². The van der Waals surface area contributed by atoms with Gasteiger partial charge in [-0.05, 0) is 67.6 Å². The van der Waals surface area contributed by atoms with E-state index >= 15 is 0 Å². The molecule has 0 saturated carbocycles. The van der Waals surface area contributed by atoms with Gasteiger partial charge < -0.3 is 4.43 Å². The highest BCUT2D eigenvalue weighted by Crippen LogP contribution is 2.31. The second kappa shape index (κ2) is 6.32. The summed E-state index contributed by atoms with van der Waals surface area (Å²) in [4.78, 5) is 11.8. The van der Waals surface area contributed by atoms with Gasteiger partial charge in [-0.3, -0.25) is 4.79 Å². The van der Waals surface area contributed by atoms with Crippen molar-refractivity contribution in [3.05, 3.63) is 64.2 Å². The smallest absolute Gasteiger partial charge is 0.242 e. The van der Waals surface area contributed by atoms with Crippen LogP contribution in [0.1, 0.15) is 32.6 Å². The Bertz CT molecular complexity index is 712. The average Bonchev–Trinajstić information content (AvgIpc) is 2.49. The molecule has 4 aliphatic rings. The Morgan fingerprint density at radius 1 is 0.826 bits per heavy atom. The van der Waals surface area contributed by atoms with Crippen molar-refractivity contribution >= 4 is 14.6 Å². The Morgan fingerprint density at radius 2 is 1.35 bits per heavy atom. The number of benzene rings is 2. The van der Waals surface area contributed by atoms with Crippen LogP contribution in [0.3, 0.4) is 0 Å². The Balaban J connectivity index is 2.08. The molecule has 0 saturated heterocycles. The van der Waals surface area contributed by atoms with Gasteiger partial charge in [0.25, 0.3) is 0 Å². The van der Waals surface area contributed by atoms with Crippen molar-refractivity contribution in [2.75, 3.05) is 0 Å². The molecule has 6 rings (SSSR count). The molecular formula is C20H24O2Si. The van der Waals surface area contributed by atoms with Crippen LogP contribution in [0.2, 0.25) is 19.6 Å². The first-order chi connectivity index (χ1) is 11.0. The highest BCUT2D eigenvalue weighted by Gasteiger charge is 2.22. The molecule has 4 bridgehead atoms. The van der Waals surface area contributed by atoms with E-state index in [2.05, 4.69) is 56.0 Å². The van der Waals surface area contributed by atoms with Gasteiger partial charge in [0.1, 0.15) is 5.75 Å². The molecule has 2 aromatic rings. The molecular weight excluding hydrogens is 300 g/mol. The lowest BCUT2D eigenvalue weighted by molar-refractivity contribution is 0.112. The highest BCUT2D eigenvalue weighted by atomic mass is 28.4. The maximum atomic E-state index is 11.8. The molecule has 23 heavy (non-hydrogen) atoms. The first kappa shape index (κ1) is 16.0. The minimum absolute atomic E-state index is 0.764. The molecule has 4 aliphatic carbocycles. The maximum Gasteiger partial charge on any atom is 0.242 e. The molecule has 0 atom stereocenters. The monoisotopic (exact) mass is 324 g/mol. The number of aryl methyl sites for hydroxylation is 4. The van der Waals surface area contributed by atoms with Gasteiger partial charge in [-0.25, -0.2) is 0 Å². The molecule has 0 fully saturated rings. The van der Waals surface area contributed by atoms with Gasteiger partial charge in [0.05, 0.1) is 5.56 Å². The zero-order chi connectivity index (χ0) is 16.4. The van der Waals surface area contributed by atoms with E-state index in [1.807, 2.05) is 0 Å². The van der Waals surface area contributed by atoms with Gasteiger partial charge in [0.15, 0.2) is 6.29 Å². The Hall–Kier alpha value is -1.87. The summed E-state index contributed by atoms with van der Waals surface area (Å²) in [6, 6.07) is 13.1. The third-order valence-corrected chi connectivity index (χ3v) is 5.10. The van der Waals surface area contributed by atoms with Gasteiger partial charge >= 0.3 is 0 Å². The second-order valence-corrected chi connectivity index (χ2v) is 11.7. The van der Waals surface area contributed by atoms with Crippen LogP contribution in [-0.4, -0.2) is 14.6 Å². The predicted molar refractivity (Wildman–Crippen MR) is 97.1 cm³/mol. The summed E-state index contributed by atoms with van der Waals surface area (Å²) in [6.45, 7) is 6.50. The van der Waals surface area contributed by atoms with Gasteiger partial charge in [0, 0.05) is 0 Å². The van der Waals surface area contributed by atoms with E-state index in [1.165, 1.54) is 11.1 Å². The Labute approximate surface area is 139 Å². The van der Waals surface area contributed by atoms with Crippen molar-refractivity contribution in [2.24, 2.45) is 0 Å². The largest absolute Gasteiger partial charge is 0.544 e. The molecule has 2 aromatic carbocycles. The molecule has 0 aromatic heterocycles. The van der Waals surface area contributed by atoms with Crippen LogP contribution in [0.4, 0.5) is 0 Å². The van der Waals surface area contributed by atoms with Crippen LogP contribution in [0.15, 0.2) is 36.4 Å². The van der Waals surface area contributed by atoms with Gasteiger partial charge in [0.2, 0.25) is 8.32 Å². The number of carbonyl (C=O) groups excluding carboxylic acids is 1. The fourth-order valence-corrected chi connectivity index (χ4v) is 3.94. The normalized spacial score (nSPS) is 14.2. The van der Waals surface area contributed by atoms with E-state index in [1.54, 1.807) is 0 Å². The van der Waals surface area contributed by atoms with Gasteiger partial charge in [-0.15, -0.1) is 0 Å². The Morgan fingerprint density at radius 3 is 1.87 bits per heavy atom.